The lowest BCUT2D eigenvalue weighted by molar-refractivity contribution is -0.121. The number of nitrogens with two attached hydrogens (primary N) is 1. The standard InChI is InChI=1S/C13H20N2O2/c1-4-9-7-10(5-6-12(9)17-3)11(8-14)13(16)15-2/h5-7,11H,4,8,14H2,1-3H3,(H,15,16). The molecule has 4 heteroatoms. The van der Waals surface area contributed by atoms with Crippen LogP contribution in [0.4, 0.5) is 0 Å². The number of nitrogens with one attached hydrogen (secondary N) is 1. The van der Waals surface area contributed by atoms with Crippen molar-refractivity contribution in [2.75, 3.05) is 20.7 Å². The highest BCUT2D eigenvalue weighted by atomic mass is 16.5. The molecule has 1 aromatic carbocycles. The van der Waals surface area contributed by atoms with Crippen molar-refractivity contribution in [2.45, 2.75) is 19.3 Å². The molecule has 0 saturated carbocycles. The van der Waals surface area contributed by atoms with Crippen LogP contribution in [0.2, 0.25) is 0 Å². The van der Waals surface area contributed by atoms with E-state index < -0.39 is 0 Å². The summed E-state index contributed by atoms with van der Waals surface area (Å²) in [6.45, 7) is 2.36. The number of carbonyl (C=O) groups is 1. The Balaban J connectivity index is 3.09. The third-order valence-electron chi connectivity index (χ3n) is 2.89. The summed E-state index contributed by atoms with van der Waals surface area (Å²) >= 11 is 0. The fourth-order valence-electron chi connectivity index (χ4n) is 1.86. The zero-order valence-corrected chi connectivity index (χ0v) is 10.6. The first kappa shape index (κ1) is 13.5. The molecule has 1 atom stereocenters. The number of aryl methyl sites for hydroxylation is 1. The second kappa shape index (κ2) is 6.25. The quantitative estimate of drug-likeness (QED) is 0.803. The molecule has 94 valence electrons. The lowest BCUT2D eigenvalue weighted by Crippen LogP contribution is -2.30. The van der Waals surface area contributed by atoms with E-state index in [1.165, 1.54) is 0 Å². The van der Waals surface area contributed by atoms with Crippen LogP contribution in [0, 0.1) is 0 Å². The van der Waals surface area contributed by atoms with E-state index in [1.54, 1.807) is 14.2 Å². The number of amides is 1. The minimum atomic E-state index is -0.295. The summed E-state index contributed by atoms with van der Waals surface area (Å²) < 4.78 is 5.26. The molecule has 0 aliphatic heterocycles. The lowest BCUT2D eigenvalue weighted by Gasteiger charge is -2.16. The topological polar surface area (TPSA) is 64.4 Å². The zero-order valence-electron chi connectivity index (χ0n) is 10.6. The molecule has 0 heterocycles. The Kier molecular flexibility index (Phi) is 4.97. The smallest absolute Gasteiger partial charge is 0.228 e. The molecule has 1 amide bonds. The summed E-state index contributed by atoms with van der Waals surface area (Å²) in [5.41, 5.74) is 7.68. The number of methoxy groups -OCH3 is 1. The fourth-order valence-corrected chi connectivity index (χ4v) is 1.86. The van der Waals surface area contributed by atoms with Crippen molar-refractivity contribution in [3.8, 4) is 5.75 Å². The van der Waals surface area contributed by atoms with E-state index in [2.05, 4.69) is 12.2 Å². The summed E-state index contributed by atoms with van der Waals surface area (Å²) in [6.07, 6.45) is 0.863. The molecule has 0 bridgehead atoms. The Bertz CT molecular complexity index is 391. The highest BCUT2D eigenvalue weighted by Gasteiger charge is 2.18. The van der Waals surface area contributed by atoms with Crippen LogP contribution in [0.3, 0.4) is 0 Å². The van der Waals surface area contributed by atoms with Gasteiger partial charge in [-0.1, -0.05) is 19.1 Å². The van der Waals surface area contributed by atoms with Gasteiger partial charge in [0.05, 0.1) is 13.0 Å². The van der Waals surface area contributed by atoms with Crippen molar-refractivity contribution in [3.63, 3.8) is 0 Å². The number of rotatable bonds is 5. The molecule has 0 spiro atoms. The minimum absolute atomic E-state index is 0.0558. The Morgan fingerprint density at radius 3 is 2.71 bits per heavy atom. The first-order valence-corrected chi connectivity index (χ1v) is 5.76. The van der Waals surface area contributed by atoms with Crippen LogP contribution in [-0.4, -0.2) is 26.6 Å². The highest BCUT2D eigenvalue weighted by Crippen LogP contribution is 2.24. The Hall–Kier alpha value is -1.55. The van der Waals surface area contributed by atoms with Crippen LogP contribution in [0.5, 0.6) is 5.75 Å². The molecule has 0 fully saturated rings. The number of carbonyl (C=O) groups excluding carboxylic acids is 1. The Morgan fingerprint density at radius 1 is 1.53 bits per heavy atom. The molecule has 1 rings (SSSR count). The molecular weight excluding hydrogens is 216 g/mol. The second-order valence-corrected chi connectivity index (χ2v) is 3.83. The van der Waals surface area contributed by atoms with E-state index in [4.69, 9.17) is 10.5 Å². The van der Waals surface area contributed by atoms with Gasteiger partial charge in [0.1, 0.15) is 5.75 Å². The number of hydrogen-bond acceptors (Lipinski definition) is 3. The lowest BCUT2D eigenvalue weighted by atomic mass is 9.95. The largest absolute Gasteiger partial charge is 0.496 e. The highest BCUT2D eigenvalue weighted by molar-refractivity contribution is 5.83. The third-order valence-corrected chi connectivity index (χ3v) is 2.89. The monoisotopic (exact) mass is 236 g/mol. The zero-order chi connectivity index (χ0) is 12.8. The number of hydrogen-bond donors (Lipinski definition) is 2. The van der Waals surface area contributed by atoms with Gasteiger partial charge in [-0.2, -0.15) is 0 Å². The first-order chi connectivity index (χ1) is 8.17. The van der Waals surface area contributed by atoms with Crippen molar-refractivity contribution in [2.24, 2.45) is 5.73 Å². The molecule has 17 heavy (non-hydrogen) atoms. The molecule has 1 unspecified atom stereocenters. The van der Waals surface area contributed by atoms with Crippen LogP contribution in [0.1, 0.15) is 24.0 Å². The molecule has 0 radical (unpaired) electrons. The van der Waals surface area contributed by atoms with Crippen molar-refractivity contribution < 1.29 is 9.53 Å². The van der Waals surface area contributed by atoms with Gasteiger partial charge in [-0.15, -0.1) is 0 Å². The second-order valence-electron chi connectivity index (χ2n) is 3.83. The third kappa shape index (κ3) is 2.97. The van der Waals surface area contributed by atoms with Crippen LogP contribution < -0.4 is 15.8 Å². The molecule has 0 aliphatic carbocycles. The average Bonchev–Trinajstić information content (AvgIpc) is 2.38. The van der Waals surface area contributed by atoms with Gasteiger partial charge in [-0.05, 0) is 23.6 Å². The summed E-state index contributed by atoms with van der Waals surface area (Å²) in [6, 6.07) is 5.77. The Morgan fingerprint density at radius 2 is 2.24 bits per heavy atom. The minimum Gasteiger partial charge on any atom is -0.496 e. The van der Waals surface area contributed by atoms with Gasteiger partial charge < -0.3 is 15.8 Å². The van der Waals surface area contributed by atoms with E-state index in [0.29, 0.717) is 6.54 Å². The van der Waals surface area contributed by atoms with E-state index >= 15 is 0 Å². The van der Waals surface area contributed by atoms with Crippen LogP contribution in [0.25, 0.3) is 0 Å². The maximum atomic E-state index is 11.7. The van der Waals surface area contributed by atoms with Crippen molar-refractivity contribution in [1.82, 2.24) is 5.32 Å². The molecule has 4 nitrogen and oxygen atoms in total. The average molecular weight is 236 g/mol. The van der Waals surface area contributed by atoms with Crippen molar-refractivity contribution in [3.05, 3.63) is 29.3 Å². The first-order valence-electron chi connectivity index (χ1n) is 5.76. The van der Waals surface area contributed by atoms with Crippen molar-refractivity contribution >= 4 is 5.91 Å². The predicted molar refractivity (Wildman–Crippen MR) is 68.2 cm³/mol. The van der Waals surface area contributed by atoms with Gasteiger partial charge in [0.2, 0.25) is 5.91 Å². The molecule has 0 aromatic heterocycles. The van der Waals surface area contributed by atoms with Gasteiger partial charge in [0, 0.05) is 13.6 Å². The number of benzene rings is 1. The summed E-state index contributed by atoms with van der Waals surface area (Å²) in [5, 5.41) is 2.63. The van der Waals surface area contributed by atoms with E-state index in [-0.39, 0.29) is 11.8 Å². The molecular formula is C13H20N2O2. The Labute approximate surface area is 102 Å². The van der Waals surface area contributed by atoms with Crippen LogP contribution in [0.15, 0.2) is 18.2 Å². The van der Waals surface area contributed by atoms with Gasteiger partial charge >= 0.3 is 0 Å². The van der Waals surface area contributed by atoms with Gasteiger partial charge in [-0.3, -0.25) is 4.79 Å². The van der Waals surface area contributed by atoms with E-state index in [0.717, 1.165) is 23.3 Å². The van der Waals surface area contributed by atoms with Crippen LogP contribution >= 0.6 is 0 Å². The van der Waals surface area contributed by atoms with Gasteiger partial charge in [0.15, 0.2) is 0 Å². The summed E-state index contributed by atoms with van der Waals surface area (Å²) in [5.74, 6) is 0.500. The summed E-state index contributed by atoms with van der Waals surface area (Å²) in [7, 11) is 3.27. The number of likely N-dealkylation sites (N-methyl/N-ethyl adjacent to an activating group) is 1. The maximum Gasteiger partial charge on any atom is 0.228 e. The molecule has 0 saturated heterocycles. The van der Waals surface area contributed by atoms with Crippen molar-refractivity contribution in [1.29, 1.82) is 0 Å². The molecule has 1 aromatic rings. The van der Waals surface area contributed by atoms with Gasteiger partial charge in [-0.25, -0.2) is 0 Å². The van der Waals surface area contributed by atoms with E-state index in [1.807, 2.05) is 18.2 Å². The molecule has 0 aliphatic rings. The van der Waals surface area contributed by atoms with Gasteiger partial charge in [0.25, 0.3) is 0 Å². The normalized spacial score (nSPS) is 12.0. The maximum absolute atomic E-state index is 11.7. The summed E-state index contributed by atoms with van der Waals surface area (Å²) in [4.78, 5) is 11.7. The van der Waals surface area contributed by atoms with Crippen LogP contribution in [-0.2, 0) is 11.2 Å². The van der Waals surface area contributed by atoms with E-state index in [9.17, 15) is 4.79 Å². The predicted octanol–water partition coefficient (Wildman–Crippen LogP) is 1.05. The SMILES string of the molecule is CCc1cc(C(CN)C(=O)NC)ccc1OC. The molecule has 3 N–H and O–H groups in total. The number of ether oxygens (including phenoxy) is 1. The fraction of sp³-hybridized carbons (Fsp3) is 0.462.